The van der Waals surface area contributed by atoms with E-state index in [1.54, 1.807) is 24.3 Å². The Kier molecular flexibility index (Phi) is 3.99. The lowest BCUT2D eigenvalue weighted by Gasteiger charge is -2.07. The summed E-state index contributed by atoms with van der Waals surface area (Å²) in [5, 5.41) is 5.01. The number of carbonyl (C=O) groups excluding carboxylic acids is 1. The lowest BCUT2D eigenvalue weighted by atomic mass is 10.2. The summed E-state index contributed by atoms with van der Waals surface area (Å²) in [4.78, 5) is 34.3. The largest absolute Gasteiger partial charge is 0.399 e. The Hall–Kier alpha value is -2.83. The number of carbonyl (C=O) groups is 1. The number of amides is 1. The first-order valence-corrected chi connectivity index (χ1v) is 6.00. The Labute approximate surface area is 114 Å². The standard InChI is InChI=1S/C13H14N4O3/c14-9-2-1-3-10(8-9)15-11(18)6-7-17-13(20)5-4-12(19)16-17/h1-5,8H,6-7,14H2,(H,15,18)(H,16,19). The second-order valence-corrected chi connectivity index (χ2v) is 4.22. The third kappa shape index (κ3) is 3.58. The highest BCUT2D eigenvalue weighted by atomic mass is 16.2. The van der Waals surface area contributed by atoms with Gasteiger partial charge in [-0.05, 0) is 18.2 Å². The molecule has 0 aliphatic rings. The molecule has 1 amide bonds. The van der Waals surface area contributed by atoms with Gasteiger partial charge in [0.1, 0.15) is 0 Å². The van der Waals surface area contributed by atoms with Crippen molar-refractivity contribution in [3.05, 3.63) is 57.1 Å². The number of aromatic amines is 1. The van der Waals surface area contributed by atoms with Crippen molar-refractivity contribution in [2.45, 2.75) is 13.0 Å². The summed E-state index contributed by atoms with van der Waals surface area (Å²) in [5.74, 6) is -0.271. The van der Waals surface area contributed by atoms with Crippen LogP contribution < -0.4 is 22.2 Å². The topological polar surface area (TPSA) is 110 Å². The smallest absolute Gasteiger partial charge is 0.265 e. The van der Waals surface area contributed by atoms with Gasteiger partial charge in [-0.25, -0.2) is 4.68 Å². The predicted molar refractivity (Wildman–Crippen MR) is 75.4 cm³/mol. The fourth-order valence-electron chi connectivity index (χ4n) is 1.68. The van der Waals surface area contributed by atoms with Crippen LogP contribution in [-0.2, 0) is 11.3 Å². The van der Waals surface area contributed by atoms with Crippen LogP contribution in [0.3, 0.4) is 0 Å². The van der Waals surface area contributed by atoms with Crippen molar-refractivity contribution >= 4 is 17.3 Å². The molecule has 2 aromatic rings. The first-order chi connectivity index (χ1) is 9.54. The van der Waals surface area contributed by atoms with Gasteiger partial charge in [0.05, 0.1) is 6.54 Å². The van der Waals surface area contributed by atoms with Crippen LogP contribution in [0, 0.1) is 0 Å². The minimum Gasteiger partial charge on any atom is -0.399 e. The van der Waals surface area contributed by atoms with Crippen molar-refractivity contribution in [3.8, 4) is 0 Å². The molecule has 0 saturated heterocycles. The highest BCUT2D eigenvalue weighted by molar-refractivity contribution is 5.91. The average molecular weight is 274 g/mol. The molecular weight excluding hydrogens is 260 g/mol. The molecule has 0 fully saturated rings. The van der Waals surface area contributed by atoms with Crippen molar-refractivity contribution in [3.63, 3.8) is 0 Å². The van der Waals surface area contributed by atoms with Gasteiger partial charge in [-0.3, -0.25) is 19.5 Å². The van der Waals surface area contributed by atoms with E-state index in [0.717, 1.165) is 16.8 Å². The predicted octanol–water partition coefficient (Wildman–Crippen LogP) is 0.148. The van der Waals surface area contributed by atoms with Crippen LogP contribution in [-0.4, -0.2) is 15.7 Å². The van der Waals surface area contributed by atoms with Gasteiger partial charge < -0.3 is 11.1 Å². The van der Waals surface area contributed by atoms with E-state index in [9.17, 15) is 14.4 Å². The summed E-state index contributed by atoms with van der Waals surface area (Å²) in [5.41, 5.74) is 5.99. The Morgan fingerprint density at radius 2 is 2.05 bits per heavy atom. The van der Waals surface area contributed by atoms with E-state index >= 15 is 0 Å². The fourth-order valence-corrected chi connectivity index (χ4v) is 1.68. The van der Waals surface area contributed by atoms with E-state index in [1.807, 2.05) is 0 Å². The van der Waals surface area contributed by atoms with E-state index in [4.69, 9.17) is 5.73 Å². The average Bonchev–Trinajstić information content (AvgIpc) is 2.40. The third-order valence-electron chi connectivity index (χ3n) is 2.62. The molecule has 0 aliphatic heterocycles. The molecule has 4 N–H and O–H groups in total. The van der Waals surface area contributed by atoms with Crippen LogP contribution in [0.4, 0.5) is 11.4 Å². The van der Waals surface area contributed by atoms with Gasteiger partial charge in [-0.15, -0.1) is 0 Å². The van der Waals surface area contributed by atoms with Gasteiger partial charge in [0.25, 0.3) is 11.1 Å². The Morgan fingerprint density at radius 3 is 2.80 bits per heavy atom. The van der Waals surface area contributed by atoms with Crippen molar-refractivity contribution < 1.29 is 4.79 Å². The van der Waals surface area contributed by atoms with Gasteiger partial charge in [-0.2, -0.15) is 0 Å². The second-order valence-electron chi connectivity index (χ2n) is 4.22. The molecule has 104 valence electrons. The number of hydrogen-bond acceptors (Lipinski definition) is 4. The molecule has 0 spiro atoms. The highest BCUT2D eigenvalue weighted by Gasteiger charge is 2.04. The van der Waals surface area contributed by atoms with Crippen LogP contribution in [0.1, 0.15) is 6.42 Å². The molecular formula is C13H14N4O3. The molecule has 1 heterocycles. The Bertz CT molecular complexity index is 733. The van der Waals surface area contributed by atoms with Crippen molar-refractivity contribution in [2.24, 2.45) is 0 Å². The Balaban J connectivity index is 1.97. The van der Waals surface area contributed by atoms with Gasteiger partial charge in [0, 0.05) is 29.9 Å². The number of aryl methyl sites for hydroxylation is 1. The zero-order chi connectivity index (χ0) is 14.5. The van der Waals surface area contributed by atoms with Crippen LogP contribution in [0.25, 0.3) is 0 Å². The first kappa shape index (κ1) is 13.6. The zero-order valence-corrected chi connectivity index (χ0v) is 10.6. The number of nitrogens with two attached hydrogens (primary N) is 1. The lowest BCUT2D eigenvalue weighted by molar-refractivity contribution is -0.116. The maximum Gasteiger partial charge on any atom is 0.265 e. The third-order valence-corrected chi connectivity index (χ3v) is 2.62. The SMILES string of the molecule is Nc1cccc(NC(=O)CCn2[nH]c(=O)ccc2=O)c1. The quantitative estimate of drug-likeness (QED) is 0.689. The number of anilines is 2. The van der Waals surface area contributed by atoms with Gasteiger partial charge >= 0.3 is 0 Å². The van der Waals surface area contributed by atoms with Crippen LogP contribution in [0.5, 0.6) is 0 Å². The number of aromatic nitrogens is 2. The van der Waals surface area contributed by atoms with E-state index in [1.165, 1.54) is 0 Å². The molecule has 7 heteroatoms. The summed E-state index contributed by atoms with van der Waals surface area (Å²) >= 11 is 0. The minimum absolute atomic E-state index is 0.0641. The number of benzene rings is 1. The molecule has 0 atom stereocenters. The molecule has 2 rings (SSSR count). The lowest BCUT2D eigenvalue weighted by Crippen LogP contribution is -2.29. The van der Waals surface area contributed by atoms with Crippen LogP contribution in [0.2, 0.25) is 0 Å². The summed E-state index contributed by atoms with van der Waals surface area (Å²) in [6, 6.07) is 9.09. The normalized spacial score (nSPS) is 10.2. The summed E-state index contributed by atoms with van der Waals surface area (Å²) in [6.07, 6.45) is 0.0641. The van der Waals surface area contributed by atoms with Crippen molar-refractivity contribution in [1.29, 1.82) is 0 Å². The molecule has 0 saturated carbocycles. The van der Waals surface area contributed by atoms with E-state index in [-0.39, 0.29) is 30.0 Å². The number of nitrogen functional groups attached to an aromatic ring is 1. The summed E-state index contributed by atoms with van der Waals surface area (Å²) < 4.78 is 1.10. The van der Waals surface area contributed by atoms with E-state index < -0.39 is 0 Å². The van der Waals surface area contributed by atoms with E-state index in [2.05, 4.69) is 10.4 Å². The molecule has 1 aromatic carbocycles. The summed E-state index contributed by atoms with van der Waals surface area (Å²) in [6.45, 7) is 0.100. The molecule has 0 radical (unpaired) electrons. The zero-order valence-electron chi connectivity index (χ0n) is 10.6. The number of nitrogens with zero attached hydrogens (tertiary/aromatic N) is 1. The summed E-state index contributed by atoms with van der Waals surface area (Å²) in [7, 11) is 0. The molecule has 7 nitrogen and oxygen atoms in total. The molecule has 1 aromatic heterocycles. The van der Waals surface area contributed by atoms with Gasteiger partial charge in [0.15, 0.2) is 0 Å². The van der Waals surface area contributed by atoms with Crippen LogP contribution >= 0.6 is 0 Å². The number of rotatable bonds is 4. The van der Waals surface area contributed by atoms with Crippen molar-refractivity contribution in [1.82, 2.24) is 9.78 Å². The van der Waals surface area contributed by atoms with Gasteiger partial charge in [-0.1, -0.05) is 6.07 Å². The molecule has 20 heavy (non-hydrogen) atoms. The van der Waals surface area contributed by atoms with E-state index in [0.29, 0.717) is 11.4 Å². The first-order valence-electron chi connectivity index (χ1n) is 6.00. The Morgan fingerprint density at radius 1 is 1.25 bits per heavy atom. The van der Waals surface area contributed by atoms with Crippen LogP contribution in [0.15, 0.2) is 46.0 Å². The molecule has 0 aliphatic carbocycles. The number of hydrogen-bond donors (Lipinski definition) is 3. The maximum absolute atomic E-state index is 11.7. The highest BCUT2D eigenvalue weighted by Crippen LogP contribution is 2.11. The minimum atomic E-state index is -0.388. The molecule has 0 bridgehead atoms. The fraction of sp³-hybridized carbons (Fsp3) is 0.154. The number of H-pyrrole nitrogens is 1. The van der Waals surface area contributed by atoms with Crippen molar-refractivity contribution in [2.75, 3.05) is 11.1 Å². The monoisotopic (exact) mass is 274 g/mol. The second kappa shape index (κ2) is 5.87. The maximum atomic E-state index is 11.7. The molecule has 0 unspecified atom stereocenters. The van der Waals surface area contributed by atoms with Gasteiger partial charge in [0.2, 0.25) is 5.91 Å². The number of nitrogens with one attached hydrogen (secondary N) is 2.